The molecule has 0 spiro atoms. The predicted molar refractivity (Wildman–Crippen MR) is 80.3 cm³/mol. The van der Waals surface area contributed by atoms with E-state index in [0.29, 0.717) is 0 Å². The maximum atomic E-state index is 2.46. The van der Waals surface area contributed by atoms with Gasteiger partial charge in [0, 0.05) is 0 Å². The van der Waals surface area contributed by atoms with Crippen LogP contribution in [-0.4, -0.2) is 0 Å². The molecular formula is C17H36. The maximum absolute atomic E-state index is 2.46. The van der Waals surface area contributed by atoms with Crippen molar-refractivity contribution in [3.05, 3.63) is 0 Å². The van der Waals surface area contributed by atoms with Crippen molar-refractivity contribution in [3.8, 4) is 0 Å². The van der Waals surface area contributed by atoms with Crippen molar-refractivity contribution in [3.63, 3.8) is 0 Å². The minimum absolute atomic E-state index is 0.876. The SMILES string of the molecule is CCCCC(C)C(C)CC(C)C(C)C(C)CC. The van der Waals surface area contributed by atoms with E-state index in [1.54, 1.807) is 0 Å². The van der Waals surface area contributed by atoms with Gasteiger partial charge in [-0.25, -0.2) is 0 Å². The molecule has 0 radical (unpaired) electrons. The van der Waals surface area contributed by atoms with Crippen molar-refractivity contribution < 1.29 is 0 Å². The summed E-state index contributed by atoms with van der Waals surface area (Å²) in [4.78, 5) is 0. The Balaban J connectivity index is 4.04. The fraction of sp³-hybridized carbons (Fsp3) is 1.00. The molecule has 0 N–H and O–H groups in total. The van der Waals surface area contributed by atoms with Gasteiger partial charge in [-0.1, -0.05) is 74.1 Å². The zero-order valence-corrected chi connectivity index (χ0v) is 13.4. The summed E-state index contributed by atoms with van der Waals surface area (Å²) in [5.74, 6) is 4.43. The van der Waals surface area contributed by atoms with Crippen LogP contribution in [0, 0.1) is 29.6 Å². The molecule has 0 heteroatoms. The van der Waals surface area contributed by atoms with Gasteiger partial charge in [0.1, 0.15) is 0 Å². The van der Waals surface area contributed by atoms with Gasteiger partial charge in [0.05, 0.1) is 0 Å². The van der Waals surface area contributed by atoms with Crippen LogP contribution in [0.1, 0.15) is 80.6 Å². The zero-order valence-electron chi connectivity index (χ0n) is 13.4. The van der Waals surface area contributed by atoms with Gasteiger partial charge >= 0.3 is 0 Å². The number of hydrogen-bond donors (Lipinski definition) is 0. The summed E-state index contributed by atoms with van der Waals surface area (Å²) in [6.07, 6.45) is 6.90. The van der Waals surface area contributed by atoms with Crippen molar-refractivity contribution in [2.24, 2.45) is 29.6 Å². The Hall–Kier alpha value is 0. The quantitative estimate of drug-likeness (QED) is 0.453. The van der Waals surface area contributed by atoms with Crippen LogP contribution in [0.5, 0.6) is 0 Å². The summed E-state index contributed by atoms with van der Waals surface area (Å²) < 4.78 is 0. The molecule has 0 amide bonds. The van der Waals surface area contributed by atoms with Crippen molar-refractivity contribution >= 4 is 0 Å². The van der Waals surface area contributed by atoms with Crippen molar-refractivity contribution in [2.75, 3.05) is 0 Å². The molecule has 0 aromatic rings. The Kier molecular flexibility index (Phi) is 9.00. The van der Waals surface area contributed by atoms with Gasteiger partial charge in [-0.3, -0.25) is 0 Å². The first kappa shape index (κ1) is 17.0. The molecule has 0 aromatic heterocycles. The molecule has 0 fully saturated rings. The monoisotopic (exact) mass is 240 g/mol. The molecular weight excluding hydrogens is 204 g/mol. The summed E-state index contributed by atoms with van der Waals surface area (Å²) in [7, 11) is 0. The molecule has 0 saturated carbocycles. The minimum Gasteiger partial charge on any atom is -0.0654 e. The molecule has 104 valence electrons. The summed E-state index contributed by atoms with van der Waals surface area (Å²) in [6.45, 7) is 16.8. The van der Waals surface area contributed by atoms with Crippen LogP contribution in [0.2, 0.25) is 0 Å². The van der Waals surface area contributed by atoms with Crippen LogP contribution in [-0.2, 0) is 0 Å². The van der Waals surface area contributed by atoms with Gasteiger partial charge in [0.2, 0.25) is 0 Å². The van der Waals surface area contributed by atoms with E-state index >= 15 is 0 Å². The Morgan fingerprint density at radius 1 is 0.706 bits per heavy atom. The van der Waals surface area contributed by atoms with E-state index in [4.69, 9.17) is 0 Å². The highest BCUT2D eigenvalue weighted by Gasteiger charge is 2.21. The molecule has 5 unspecified atom stereocenters. The van der Waals surface area contributed by atoms with E-state index in [-0.39, 0.29) is 0 Å². The van der Waals surface area contributed by atoms with Crippen molar-refractivity contribution in [1.82, 2.24) is 0 Å². The van der Waals surface area contributed by atoms with E-state index in [1.807, 2.05) is 0 Å². The van der Waals surface area contributed by atoms with Gasteiger partial charge < -0.3 is 0 Å². The first-order chi connectivity index (χ1) is 7.93. The molecule has 0 aliphatic carbocycles. The molecule has 0 rings (SSSR count). The highest BCUT2D eigenvalue weighted by molar-refractivity contribution is 4.72. The molecule has 0 aromatic carbocycles. The minimum atomic E-state index is 0.876. The highest BCUT2D eigenvalue weighted by atomic mass is 14.3. The topological polar surface area (TPSA) is 0 Å². The first-order valence-electron chi connectivity index (χ1n) is 7.93. The third-order valence-electron chi connectivity index (χ3n) is 5.17. The average Bonchev–Trinajstić information content (AvgIpc) is 2.33. The largest absolute Gasteiger partial charge is 0.0654 e. The number of unbranched alkanes of at least 4 members (excludes halogenated alkanes) is 1. The molecule has 0 aliphatic heterocycles. The number of hydrogen-bond acceptors (Lipinski definition) is 0. The summed E-state index contributed by atoms with van der Waals surface area (Å²) in [5.41, 5.74) is 0. The van der Waals surface area contributed by atoms with Crippen LogP contribution in [0.3, 0.4) is 0 Å². The van der Waals surface area contributed by atoms with E-state index in [9.17, 15) is 0 Å². The second-order valence-corrected chi connectivity index (χ2v) is 6.55. The first-order valence-corrected chi connectivity index (χ1v) is 7.93. The predicted octanol–water partition coefficient (Wildman–Crippen LogP) is 6.16. The van der Waals surface area contributed by atoms with Gasteiger partial charge in [0.15, 0.2) is 0 Å². The standard InChI is InChI=1S/C17H36/c1-8-10-11-14(4)15(5)12-16(6)17(7)13(3)9-2/h13-17H,8-12H2,1-7H3. The lowest BCUT2D eigenvalue weighted by Gasteiger charge is -2.30. The summed E-state index contributed by atoms with van der Waals surface area (Å²) in [6, 6.07) is 0. The van der Waals surface area contributed by atoms with Crippen molar-refractivity contribution in [2.45, 2.75) is 80.6 Å². The normalized spacial score (nSPS) is 20.6. The van der Waals surface area contributed by atoms with E-state index in [2.05, 4.69) is 48.5 Å². The molecule has 0 bridgehead atoms. The third-order valence-corrected chi connectivity index (χ3v) is 5.17. The molecule has 17 heavy (non-hydrogen) atoms. The molecule has 0 aliphatic rings. The molecule has 0 saturated heterocycles. The lowest BCUT2D eigenvalue weighted by Crippen LogP contribution is -2.20. The van der Waals surface area contributed by atoms with Gasteiger partial charge in [-0.05, 0) is 36.0 Å². The second-order valence-electron chi connectivity index (χ2n) is 6.55. The van der Waals surface area contributed by atoms with Crippen molar-refractivity contribution in [1.29, 1.82) is 0 Å². The van der Waals surface area contributed by atoms with Gasteiger partial charge in [0.25, 0.3) is 0 Å². The molecule has 0 heterocycles. The Bertz CT molecular complexity index is 173. The Labute approximate surface area is 111 Å². The van der Waals surface area contributed by atoms with Crippen LogP contribution in [0.4, 0.5) is 0 Å². The van der Waals surface area contributed by atoms with Crippen LogP contribution >= 0.6 is 0 Å². The fourth-order valence-electron chi connectivity index (χ4n) is 2.78. The van der Waals surface area contributed by atoms with E-state index in [0.717, 1.165) is 29.6 Å². The zero-order chi connectivity index (χ0) is 13.4. The lowest BCUT2D eigenvalue weighted by atomic mass is 9.76. The lowest BCUT2D eigenvalue weighted by molar-refractivity contribution is 0.206. The van der Waals surface area contributed by atoms with Gasteiger partial charge in [-0.15, -0.1) is 0 Å². The van der Waals surface area contributed by atoms with E-state index in [1.165, 1.54) is 32.1 Å². The maximum Gasteiger partial charge on any atom is -0.0391 e. The van der Waals surface area contributed by atoms with Gasteiger partial charge in [-0.2, -0.15) is 0 Å². The smallest absolute Gasteiger partial charge is 0.0391 e. The Morgan fingerprint density at radius 3 is 1.76 bits per heavy atom. The Morgan fingerprint density at radius 2 is 1.29 bits per heavy atom. The fourth-order valence-corrected chi connectivity index (χ4v) is 2.78. The highest BCUT2D eigenvalue weighted by Crippen LogP contribution is 2.31. The van der Waals surface area contributed by atoms with E-state index < -0.39 is 0 Å². The van der Waals surface area contributed by atoms with Crippen LogP contribution in [0.25, 0.3) is 0 Å². The summed E-state index contributed by atoms with van der Waals surface area (Å²) in [5, 5.41) is 0. The number of rotatable bonds is 9. The van der Waals surface area contributed by atoms with Crippen LogP contribution in [0.15, 0.2) is 0 Å². The summed E-state index contributed by atoms with van der Waals surface area (Å²) >= 11 is 0. The van der Waals surface area contributed by atoms with Crippen LogP contribution < -0.4 is 0 Å². The average molecular weight is 240 g/mol. The molecule has 5 atom stereocenters. The third kappa shape index (κ3) is 6.48. The molecule has 0 nitrogen and oxygen atoms in total. The second kappa shape index (κ2) is 9.00.